The summed E-state index contributed by atoms with van der Waals surface area (Å²) in [6, 6.07) is 10.4. The number of nitrogens with zero attached hydrogens (tertiary/aromatic N) is 2. The molecule has 0 fully saturated rings. The van der Waals surface area contributed by atoms with Gasteiger partial charge in [-0.15, -0.1) is 0 Å². The predicted octanol–water partition coefficient (Wildman–Crippen LogP) is 3.31. The van der Waals surface area contributed by atoms with Crippen molar-refractivity contribution in [3.05, 3.63) is 72.3 Å². The van der Waals surface area contributed by atoms with Crippen molar-refractivity contribution in [1.82, 2.24) is 9.97 Å². The van der Waals surface area contributed by atoms with Crippen LogP contribution in [0.4, 0.5) is 0 Å². The molecule has 2 heterocycles. The fourth-order valence-corrected chi connectivity index (χ4v) is 3.67. The third kappa shape index (κ3) is 3.08. The van der Waals surface area contributed by atoms with E-state index >= 15 is 0 Å². The minimum absolute atomic E-state index is 0.182. The predicted molar refractivity (Wildman–Crippen MR) is 84.7 cm³/mol. The van der Waals surface area contributed by atoms with Crippen molar-refractivity contribution >= 4 is 19.6 Å². The Hall–Kier alpha value is -2.27. The van der Waals surface area contributed by atoms with Crippen molar-refractivity contribution in [3.63, 3.8) is 0 Å². The van der Waals surface area contributed by atoms with Crippen LogP contribution >= 0.6 is 0 Å². The third-order valence-corrected chi connectivity index (χ3v) is 4.99. The van der Waals surface area contributed by atoms with Gasteiger partial charge in [-0.25, -0.2) is 8.42 Å². The summed E-state index contributed by atoms with van der Waals surface area (Å²) in [5, 5.41) is 0. The van der Waals surface area contributed by atoms with E-state index in [9.17, 15) is 8.42 Å². The molecule has 0 amide bonds. The lowest BCUT2D eigenvalue weighted by atomic mass is 10.3. The maximum atomic E-state index is 12.9. The summed E-state index contributed by atoms with van der Waals surface area (Å²) < 4.78 is 25.8. The van der Waals surface area contributed by atoms with Crippen LogP contribution in [0.15, 0.2) is 60.9 Å². The Morgan fingerprint density at radius 1 is 0.857 bits per heavy atom. The summed E-state index contributed by atoms with van der Waals surface area (Å²) in [5.74, 6) is 0. The van der Waals surface area contributed by atoms with E-state index in [2.05, 4.69) is 9.97 Å². The first-order chi connectivity index (χ1) is 10.1. The molecule has 4 nitrogen and oxygen atoms in total. The van der Waals surface area contributed by atoms with Gasteiger partial charge in [0.15, 0.2) is 0 Å². The van der Waals surface area contributed by atoms with Crippen LogP contribution in [0.1, 0.15) is 25.2 Å². The number of rotatable bonds is 4. The molecule has 2 rings (SSSR count). The number of pyridine rings is 2. The van der Waals surface area contributed by atoms with E-state index in [0.717, 1.165) is 0 Å². The normalized spacial score (nSPS) is 13.2. The van der Waals surface area contributed by atoms with Gasteiger partial charge in [0.2, 0.25) is 9.84 Å². The van der Waals surface area contributed by atoms with Crippen molar-refractivity contribution in [2.24, 2.45) is 0 Å². The van der Waals surface area contributed by atoms with Crippen molar-refractivity contribution in [3.8, 4) is 0 Å². The molecule has 0 aliphatic heterocycles. The van der Waals surface area contributed by atoms with E-state index in [4.69, 9.17) is 0 Å². The molecule has 108 valence electrons. The maximum Gasteiger partial charge on any atom is 0.210 e. The summed E-state index contributed by atoms with van der Waals surface area (Å²) in [7, 11) is -3.67. The van der Waals surface area contributed by atoms with E-state index < -0.39 is 9.84 Å². The highest BCUT2D eigenvalue weighted by Gasteiger charge is 2.26. The van der Waals surface area contributed by atoms with Crippen LogP contribution in [0.5, 0.6) is 0 Å². The van der Waals surface area contributed by atoms with Gasteiger partial charge in [-0.3, -0.25) is 9.97 Å². The molecule has 0 bridgehead atoms. The lowest BCUT2D eigenvalue weighted by Gasteiger charge is -2.11. The molecule has 0 spiro atoms. The van der Waals surface area contributed by atoms with Crippen LogP contribution in [0, 0.1) is 0 Å². The van der Waals surface area contributed by atoms with Crippen LogP contribution in [-0.2, 0) is 9.84 Å². The molecule has 2 aromatic rings. The Morgan fingerprint density at radius 3 is 1.57 bits per heavy atom. The lowest BCUT2D eigenvalue weighted by molar-refractivity contribution is 0.614. The topological polar surface area (TPSA) is 59.9 Å². The van der Waals surface area contributed by atoms with E-state index in [1.807, 2.05) is 0 Å². The van der Waals surface area contributed by atoms with Gasteiger partial charge in [0.25, 0.3) is 0 Å². The Kier molecular flexibility index (Phi) is 4.65. The van der Waals surface area contributed by atoms with Crippen molar-refractivity contribution in [2.75, 3.05) is 0 Å². The van der Waals surface area contributed by atoms with Gasteiger partial charge in [0.05, 0.1) is 21.2 Å². The number of allylic oxidation sites excluding steroid dienone is 2. The largest absolute Gasteiger partial charge is 0.256 e. The van der Waals surface area contributed by atoms with Gasteiger partial charge in [-0.2, -0.15) is 0 Å². The smallest absolute Gasteiger partial charge is 0.210 e. The Balaban J connectivity index is 2.55. The average molecular weight is 300 g/mol. The zero-order valence-corrected chi connectivity index (χ0v) is 12.7. The zero-order chi connectivity index (χ0) is 15.3. The number of hydrogen-bond donors (Lipinski definition) is 0. The quantitative estimate of drug-likeness (QED) is 0.869. The first-order valence-corrected chi connectivity index (χ1v) is 8.00. The number of hydrogen-bond acceptors (Lipinski definition) is 4. The van der Waals surface area contributed by atoms with Gasteiger partial charge in [-0.05, 0) is 38.1 Å². The van der Waals surface area contributed by atoms with Gasteiger partial charge in [-0.1, -0.05) is 24.3 Å². The molecule has 0 N–H and O–H groups in total. The number of aromatic nitrogens is 2. The fourth-order valence-electron chi connectivity index (χ4n) is 2.02. The summed E-state index contributed by atoms with van der Waals surface area (Å²) >= 11 is 0. The van der Waals surface area contributed by atoms with Crippen molar-refractivity contribution in [2.45, 2.75) is 13.8 Å². The first-order valence-electron chi connectivity index (χ1n) is 6.51. The second kappa shape index (κ2) is 6.45. The molecule has 0 unspecified atom stereocenters. The van der Waals surface area contributed by atoms with E-state index in [0.29, 0.717) is 11.4 Å². The minimum Gasteiger partial charge on any atom is -0.256 e. The first kappa shape index (κ1) is 15.1. The highest BCUT2D eigenvalue weighted by atomic mass is 32.2. The monoisotopic (exact) mass is 300 g/mol. The molecule has 5 heteroatoms. The average Bonchev–Trinajstić information content (AvgIpc) is 2.50. The molecule has 0 saturated heterocycles. The van der Waals surface area contributed by atoms with Crippen molar-refractivity contribution in [1.29, 1.82) is 0 Å². The third-order valence-electron chi connectivity index (χ3n) is 2.94. The fraction of sp³-hybridized carbons (Fsp3) is 0.125. The van der Waals surface area contributed by atoms with Crippen molar-refractivity contribution < 1.29 is 8.42 Å². The summed E-state index contributed by atoms with van der Waals surface area (Å²) in [5.41, 5.74) is 0.852. The standard InChI is InChI=1S/C16H16N2O2S/c1-3-15(13-9-5-7-11-17-13)21(19,20)16(4-2)14-10-6-8-12-18-14/h3-12H,1-2H3/b15-3-,16-4-. The van der Waals surface area contributed by atoms with E-state index in [-0.39, 0.29) is 9.81 Å². The van der Waals surface area contributed by atoms with E-state index in [1.165, 1.54) is 0 Å². The molecule has 0 aliphatic carbocycles. The highest BCUT2D eigenvalue weighted by molar-refractivity contribution is 8.09. The van der Waals surface area contributed by atoms with Gasteiger partial charge in [0.1, 0.15) is 0 Å². The maximum absolute atomic E-state index is 12.9. The van der Waals surface area contributed by atoms with Crippen LogP contribution in [0.3, 0.4) is 0 Å². The van der Waals surface area contributed by atoms with E-state index in [1.54, 1.807) is 74.8 Å². The van der Waals surface area contributed by atoms with Gasteiger partial charge >= 0.3 is 0 Å². The molecule has 0 atom stereocenters. The molecule has 0 aliphatic rings. The van der Waals surface area contributed by atoms with Gasteiger partial charge < -0.3 is 0 Å². The Morgan fingerprint density at radius 2 is 1.29 bits per heavy atom. The van der Waals surface area contributed by atoms with Crippen LogP contribution in [-0.4, -0.2) is 18.4 Å². The Bertz CT molecular complexity index is 703. The molecule has 0 radical (unpaired) electrons. The minimum atomic E-state index is -3.67. The zero-order valence-electron chi connectivity index (χ0n) is 11.9. The van der Waals surface area contributed by atoms with Crippen LogP contribution in [0.25, 0.3) is 9.81 Å². The molecular weight excluding hydrogens is 284 g/mol. The SMILES string of the molecule is C/C=C(/c1ccccn1)S(=O)(=O)/C(=C\C)c1ccccn1. The summed E-state index contributed by atoms with van der Waals surface area (Å²) in [6.07, 6.45) is 6.27. The van der Waals surface area contributed by atoms with Crippen LogP contribution < -0.4 is 0 Å². The van der Waals surface area contributed by atoms with Gasteiger partial charge in [0, 0.05) is 12.4 Å². The molecule has 0 aromatic carbocycles. The molecule has 0 saturated carbocycles. The summed E-state index contributed by atoms with van der Waals surface area (Å²) in [6.45, 7) is 3.38. The second-order valence-electron chi connectivity index (χ2n) is 4.24. The summed E-state index contributed by atoms with van der Waals surface area (Å²) in [4.78, 5) is 8.63. The Labute approximate surface area is 124 Å². The van der Waals surface area contributed by atoms with Crippen LogP contribution in [0.2, 0.25) is 0 Å². The molecular formula is C16H16N2O2S. The lowest BCUT2D eigenvalue weighted by Crippen LogP contribution is -2.08. The highest BCUT2D eigenvalue weighted by Crippen LogP contribution is 2.30. The molecule has 21 heavy (non-hydrogen) atoms. The molecule has 2 aromatic heterocycles. The number of sulfone groups is 1. The second-order valence-corrected chi connectivity index (χ2v) is 6.13.